The molecule has 1 amide bonds. The maximum atomic E-state index is 13.1. The van der Waals surface area contributed by atoms with Gasteiger partial charge < -0.3 is 9.80 Å². The number of halogens is 1. The third-order valence-electron chi connectivity index (χ3n) is 5.41. The molecule has 8 nitrogen and oxygen atoms in total. The van der Waals surface area contributed by atoms with Crippen molar-refractivity contribution >= 4 is 22.9 Å². The van der Waals surface area contributed by atoms with E-state index < -0.39 is 0 Å². The molecule has 1 aliphatic heterocycles. The summed E-state index contributed by atoms with van der Waals surface area (Å²) in [5.74, 6) is 0.272. The Bertz CT molecular complexity index is 1200. The molecule has 1 saturated heterocycles. The van der Waals surface area contributed by atoms with Gasteiger partial charge in [0.1, 0.15) is 12.1 Å². The van der Waals surface area contributed by atoms with Crippen LogP contribution in [0, 0.1) is 5.82 Å². The zero-order chi connectivity index (χ0) is 21.2. The van der Waals surface area contributed by atoms with Gasteiger partial charge in [-0.25, -0.2) is 19.0 Å². The molecule has 1 fully saturated rings. The lowest BCUT2D eigenvalue weighted by molar-refractivity contribution is 0.0746. The highest BCUT2D eigenvalue weighted by Gasteiger charge is 2.25. The largest absolute Gasteiger partial charge is 0.351 e. The van der Waals surface area contributed by atoms with E-state index in [1.807, 2.05) is 30.3 Å². The van der Waals surface area contributed by atoms with Crippen molar-refractivity contribution in [3.63, 3.8) is 0 Å². The van der Waals surface area contributed by atoms with Gasteiger partial charge in [-0.05, 0) is 29.8 Å². The fraction of sp³-hybridized carbons (Fsp3) is 0.227. The van der Waals surface area contributed by atoms with E-state index in [1.165, 1.54) is 30.6 Å². The van der Waals surface area contributed by atoms with Gasteiger partial charge in [0, 0.05) is 31.7 Å². The first-order valence-electron chi connectivity index (χ1n) is 10.1. The summed E-state index contributed by atoms with van der Waals surface area (Å²) >= 11 is 0. The van der Waals surface area contributed by atoms with Crippen LogP contribution in [0.2, 0.25) is 0 Å². The summed E-state index contributed by atoms with van der Waals surface area (Å²) in [6.45, 7) is 2.89. The summed E-state index contributed by atoms with van der Waals surface area (Å²) in [4.78, 5) is 25.4. The smallest absolute Gasteiger partial charge is 0.253 e. The van der Waals surface area contributed by atoms with Crippen LogP contribution >= 0.6 is 0 Å². The molecule has 0 atom stereocenters. The fourth-order valence-corrected chi connectivity index (χ4v) is 3.77. The van der Waals surface area contributed by atoms with Crippen molar-refractivity contribution in [2.45, 2.75) is 6.54 Å². The number of carbonyl (C=O) groups excluding carboxylic acids is 1. The van der Waals surface area contributed by atoms with Crippen LogP contribution in [0.5, 0.6) is 0 Å². The molecule has 156 valence electrons. The highest BCUT2D eigenvalue weighted by atomic mass is 19.1. The molecule has 4 aromatic rings. The second-order valence-electron chi connectivity index (χ2n) is 7.39. The van der Waals surface area contributed by atoms with E-state index >= 15 is 0 Å². The van der Waals surface area contributed by atoms with Crippen molar-refractivity contribution in [1.29, 1.82) is 0 Å². The van der Waals surface area contributed by atoms with Gasteiger partial charge in [-0.1, -0.05) is 35.5 Å². The van der Waals surface area contributed by atoms with Crippen molar-refractivity contribution in [1.82, 2.24) is 29.9 Å². The summed E-state index contributed by atoms with van der Waals surface area (Å²) < 4.78 is 14.9. The highest BCUT2D eigenvalue weighted by molar-refractivity contribution is 5.94. The molecule has 2 aromatic heterocycles. The number of hydrogen-bond acceptors (Lipinski definition) is 6. The van der Waals surface area contributed by atoms with Crippen molar-refractivity contribution in [2.75, 3.05) is 31.1 Å². The Morgan fingerprint density at radius 2 is 1.68 bits per heavy atom. The van der Waals surface area contributed by atoms with Crippen LogP contribution in [-0.4, -0.2) is 61.9 Å². The number of hydrogen-bond donors (Lipinski definition) is 0. The molecule has 0 unspecified atom stereocenters. The van der Waals surface area contributed by atoms with Crippen LogP contribution in [0.4, 0.5) is 10.2 Å². The Hall–Kier alpha value is -3.88. The van der Waals surface area contributed by atoms with E-state index in [4.69, 9.17) is 0 Å². The SMILES string of the molecule is O=C(c1ccc(F)cc1)N1CCN(c2ncnc3c2nnn3Cc2ccccc2)CC1. The predicted octanol–water partition coefficient (Wildman–Crippen LogP) is 2.37. The Kier molecular flexibility index (Phi) is 4.99. The average Bonchev–Trinajstić information content (AvgIpc) is 3.23. The molecule has 0 spiro atoms. The number of anilines is 1. The quantitative estimate of drug-likeness (QED) is 0.507. The summed E-state index contributed by atoms with van der Waals surface area (Å²) in [6, 6.07) is 15.7. The summed E-state index contributed by atoms with van der Waals surface area (Å²) in [5.41, 5.74) is 2.93. The molecular formula is C22H20FN7O. The number of benzene rings is 2. The minimum atomic E-state index is -0.352. The topological polar surface area (TPSA) is 80.0 Å². The van der Waals surface area contributed by atoms with Gasteiger partial charge in [0.15, 0.2) is 17.0 Å². The van der Waals surface area contributed by atoms with Gasteiger partial charge in [-0.15, -0.1) is 5.10 Å². The van der Waals surface area contributed by atoms with E-state index in [2.05, 4.69) is 25.2 Å². The van der Waals surface area contributed by atoms with E-state index in [1.54, 1.807) is 9.58 Å². The van der Waals surface area contributed by atoms with E-state index in [0.717, 1.165) is 11.4 Å². The summed E-state index contributed by atoms with van der Waals surface area (Å²) in [6.07, 6.45) is 1.53. The minimum absolute atomic E-state index is 0.0960. The van der Waals surface area contributed by atoms with Crippen molar-refractivity contribution in [2.24, 2.45) is 0 Å². The minimum Gasteiger partial charge on any atom is -0.351 e. The maximum Gasteiger partial charge on any atom is 0.253 e. The van der Waals surface area contributed by atoms with Crippen LogP contribution in [0.1, 0.15) is 15.9 Å². The molecule has 31 heavy (non-hydrogen) atoms. The molecular weight excluding hydrogens is 397 g/mol. The van der Waals surface area contributed by atoms with Crippen molar-refractivity contribution in [3.05, 3.63) is 77.9 Å². The molecule has 0 bridgehead atoms. The number of nitrogens with zero attached hydrogens (tertiary/aromatic N) is 7. The second-order valence-corrected chi connectivity index (χ2v) is 7.39. The van der Waals surface area contributed by atoms with E-state index in [-0.39, 0.29) is 11.7 Å². The number of aromatic nitrogens is 5. The first kappa shape index (κ1) is 19.1. The first-order chi connectivity index (χ1) is 15.2. The van der Waals surface area contributed by atoms with Gasteiger partial charge in [0.05, 0.1) is 6.54 Å². The number of piperazine rings is 1. The Morgan fingerprint density at radius 1 is 0.935 bits per heavy atom. The molecule has 9 heteroatoms. The third-order valence-corrected chi connectivity index (χ3v) is 5.41. The van der Waals surface area contributed by atoms with Crippen LogP contribution in [0.25, 0.3) is 11.2 Å². The monoisotopic (exact) mass is 417 g/mol. The van der Waals surface area contributed by atoms with Crippen molar-refractivity contribution < 1.29 is 9.18 Å². The lowest BCUT2D eigenvalue weighted by Crippen LogP contribution is -2.49. The lowest BCUT2D eigenvalue weighted by atomic mass is 10.1. The standard InChI is InChI=1S/C22H20FN7O/c23-18-8-6-17(7-9-18)22(31)29-12-10-28(11-13-29)20-19-21(25-15-24-20)30(27-26-19)14-16-4-2-1-3-5-16/h1-9,15H,10-14H2. The van der Waals surface area contributed by atoms with Gasteiger partial charge in [-0.3, -0.25) is 4.79 Å². The van der Waals surface area contributed by atoms with Crippen LogP contribution in [0.15, 0.2) is 60.9 Å². The van der Waals surface area contributed by atoms with Crippen LogP contribution in [0.3, 0.4) is 0 Å². The molecule has 0 radical (unpaired) electrons. The van der Waals surface area contributed by atoms with Gasteiger partial charge in [-0.2, -0.15) is 0 Å². The van der Waals surface area contributed by atoms with E-state index in [9.17, 15) is 9.18 Å². The zero-order valence-corrected chi connectivity index (χ0v) is 16.7. The molecule has 0 N–H and O–H groups in total. The highest BCUT2D eigenvalue weighted by Crippen LogP contribution is 2.22. The van der Waals surface area contributed by atoms with Crippen LogP contribution in [-0.2, 0) is 6.54 Å². The first-order valence-corrected chi connectivity index (χ1v) is 10.1. The number of rotatable bonds is 4. The molecule has 2 aromatic carbocycles. The normalized spacial score (nSPS) is 14.2. The average molecular weight is 417 g/mol. The molecule has 3 heterocycles. The zero-order valence-electron chi connectivity index (χ0n) is 16.7. The van der Waals surface area contributed by atoms with Crippen molar-refractivity contribution in [3.8, 4) is 0 Å². The predicted molar refractivity (Wildman–Crippen MR) is 113 cm³/mol. The Morgan fingerprint density at radius 3 is 2.42 bits per heavy atom. The molecule has 0 aliphatic carbocycles. The fourth-order valence-electron chi connectivity index (χ4n) is 3.77. The summed E-state index contributed by atoms with van der Waals surface area (Å²) in [7, 11) is 0. The van der Waals surface area contributed by atoms with E-state index in [0.29, 0.717) is 49.5 Å². The lowest BCUT2D eigenvalue weighted by Gasteiger charge is -2.35. The molecule has 0 saturated carbocycles. The number of carbonyl (C=O) groups is 1. The Balaban J connectivity index is 1.32. The third kappa shape index (κ3) is 3.81. The molecule has 5 rings (SSSR count). The number of fused-ring (bicyclic) bond motifs is 1. The second kappa shape index (κ2) is 8.10. The molecule has 1 aliphatic rings. The van der Waals surface area contributed by atoms with Gasteiger partial charge in [0.25, 0.3) is 5.91 Å². The Labute approximate surface area is 177 Å². The maximum absolute atomic E-state index is 13.1. The summed E-state index contributed by atoms with van der Waals surface area (Å²) in [5, 5.41) is 8.61. The van der Waals surface area contributed by atoms with Gasteiger partial charge in [0.2, 0.25) is 0 Å². The van der Waals surface area contributed by atoms with Gasteiger partial charge >= 0.3 is 0 Å². The number of amides is 1. The van der Waals surface area contributed by atoms with Crippen LogP contribution < -0.4 is 4.90 Å².